The molecule has 4 aromatic rings. The van der Waals surface area contributed by atoms with Crippen LogP contribution in [0.4, 0.5) is 17.1 Å². The highest BCUT2D eigenvalue weighted by atomic mass is 32.2. The smallest absolute Gasteiger partial charge is 0.308 e. The molecule has 10 nitrogen and oxygen atoms in total. The summed E-state index contributed by atoms with van der Waals surface area (Å²) < 4.78 is 1.37. The Bertz CT molecular complexity index is 1770. The second-order valence-corrected chi connectivity index (χ2v) is 11.9. The van der Waals surface area contributed by atoms with Gasteiger partial charge in [-0.25, -0.2) is 4.90 Å². The summed E-state index contributed by atoms with van der Waals surface area (Å²) in [6.07, 6.45) is 0. The molecule has 1 aromatic heterocycles. The molecule has 41 heavy (non-hydrogen) atoms. The van der Waals surface area contributed by atoms with Crippen LogP contribution in [-0.4, -0.2) is 32.5 Å². The lowest BCUT2D eigenvalue weighted by atomic mass is 9.83. The molecule has 1 fully saturated rings. The number of hydrogen-bond acceptors (Lipinski definition) is 8. The lowest BCUT2D eigenvalue weighted by molar-refractivity contribution is -0.384. The van der Waals surface area contributed by atoms with E-state index in [-0.39, 0.29) is 22.8 Å². The molecule has 2 unspecified atom stereocenters. The highest BCUT2D eigenvalue weighted by Crippen LogP contribution is 2.53. The number of nitro groups is 1. The molecule has 1 N–H and O–H groups in total. The number of thiazole rings is 1. The van der Waals surface area contributed by atoms with E-state index in [2.05, 4.69) is 5.32 Å². The molecule has 3 atom stereocenters. The number of hydrogen-bond donors (Lipinski definition) is 1. The van der Waals surface area contributed by atoms with Gasteiger partial charge >= 0.3 is 4.87 Å². The summed E-state index contributed by atoms with van der Waals surface area (Å²) in [5.41, 5.74) is 2.44. The molecule has 0 aliphatic carbocycles. The average Bonchev–Trinajstić information content (AvgIpc) is 3.39. The predicted molar refractivity (Wildman–Crippen MR) is 155 cm³/mol. The Labute approximate surface area is 241 Å². The van der Waals surface area contributed by atoms with Crippen LogP contribution in [0.2, 0.25) is 0 Å². The van der Waals surface area contributed by atoms with E-state index in [1.165, 1.54) is 28.8 Å². The number of amides is 3. The number of rotatable bonds is 6. The van der Waals surface area contributed by atoms with Crippen LogP contribution in [0.15, 0.2) is 88.7 Å². The van der Waals surface area contributed by atoms with Crippen LogP contribution in [0, 0.1) is 23.0 Å². The van der Waals surface area contributed by atoms with E-state index in [4.69, 9.17) is 0 Å². The highest BCUT2D eigenvalue weighted by Gasteiger charge is 2.56. The Hall–Kier alpha value is -4.55. The van der Waals surface area contributed by atoms with Gasteiger partial charge in [0, 0.05) is 28.6 Å². The minimum absolute atomic E-state index is 0.156. The first-order valence-electron chi connectivity index (χ1n) is 12.7. The van der Waals surface area contributed by atoms with Gasteiger partial charge in [0.05, 0.1) is 21.6 Å². The predicted octanol–water partition coefficient (Wildman–Crippen LogP) is 4.56. The van der Waals surface area contributed by atoms with Crippen molar-refractivity contribution in [2.24, 2.45) is 5.92 Å². The molecule has 2 aliphatic rings. The van der Waals surface area contributed by atoms with E-state index in [0.29, 0.717) is 15.6 Å². The number of carbonyl (C=O) groups is 3. The normalized spacial score (nSPS) is 19.5. The number of fused-ring (bicyclic) bond motifs is 2. The van der Waals surface area contributed by atoms with Crippen molar-refractivity contribution < 1.29 is 19.3 Å². The summed E-state index contributed by atoms with van der Waals surface area (Å²) in [5, 5.41) is 13.6. The first kappa shape index (κ1) is 26.7. The average molecular weight is 587 g/mol. The number of imide groups is 1. The van der Waals surface area contributed by atoms with Gasteiger partial charge in [0.2, 0.25) is 17.7 Å². The number of nitrogens with zero attached hydrogens (tertiary/aromatic N) is 3. The van der Waals surface area contributed by atoms with Gasteiger partial charge in [-0.3, -0.25) is 33.9 Å². The lowest BCUT2D eigenvalue weighted by Crippen LogP contribution is -2.33. The second-order valence-electron chi connectivity index (χ2n) is 9.78. The van der Waals surface area contributed by atoms with E-state index in [1.54, 1.807) is 6.07 Å². The van der Waals surface area contributed by atoms with Crippen LogP contribution in [0.1, 0.15) is 21.9 Å². The van der Waals surface area contributed by atoms with E-state index in [1.807, 2.05) is 55.5 Å². The van der Waals surface area contributed by atoms with Crippen molar-refractivity contribution in [1.82, 2.24) is 4.57 Å². The van der Waals surface area contributed by atoms with Gasteiger partial charge in [0.25, 0.3) is 5.69 Å². The molecule has 206 valence electrons. The third kappa shape index (κ3) is 4.74. The Morgan fingerprint density at radius 1 is 0.976 bits per heavy atom. The van der Waals surface area contributed by atoms with Crippen molar-refractivity contribution in [3.05, 3.63) is 115 Å². The van der Waals surface area contributed by atoms with Gasteiger partial charge < -0.3 is 5.32 Å². The zero-order valence-corrected chi connectivity index (χ0v) is 23.2. The summed E-state index contributed by atoms with van der Waals surface area (Å²) >= 11 is 2.09. The molecule has 3 heterocycles. The number of nitro benzene ring substituents is 1. The van der Waals surface area contributed by atoms with Crippen LogP contribution in [0.3, 0.4) is 0 Å². The molecular weight excluding hydrogens is 564 g/mol. The summed E-state index contributed by atoms with van der Waals surface area (Å²) in [6, 6.07) is 21.8. The number of carbonyl (C=O) groups excluding carboxylic acids is 3. The van der Waals surface area contributed by atoms with Crippen molar-refractivity contribution in [1.29, 1.82) is 0 Å². The molecule has 1 saturated heterocycles. The zero-order chi connectivity index (χ0) is 28.8. The van der Waals surface area contributed by atoms with Gasteiger partial charge in [-0.15, -0.1) is 0 Å². The molecule has 0 radical (unpaired) electrons. The van der Waals surface area contributed by atoms with E-state index < -0.39 is 39.7 Å². The zero-order valence-electron chi connectivity index (χ0n) is 21.6. The van der Waals surface area contributed by atoms with Crippen molar-refractivity contribution in [2.45, 2.75) is 29.7 Å². The topological polar surface area (TPSA) is 132 Å². The summed E-state index contributed by atoms with van der Waals surface area (Å²) in [4.78, 5) is 65.8. The van der Waals surface area contributed by atoms with Crippen LogP contribution < -0.4 is 15.1 Å². The Morgan fingerprint density at radius 2 is 1.71 bits per heavy atom. The lowest BCUT2D eigenvalue weighted by Gasteiger charge is -2.30. The molecular formula is C29H22N4O6S2. The SMILES string of the molecule is Cc1cccc(NC(=O)Cn2c3c(sc2=O)[C@H](c2ccccc2)C2C(=O)N(c4ccc([N+](=O)[O-])cc4)C(=O)C2S3)c1. The Kier molecular flexibility index (Phi) is 6.80. The standard InChI is InChI=1S/C29H22N4O6S2/c1-16-6-5-9-18(14-16)30-21(34)15-31-28-25(41-29(31)37)22(17-7-3-2-4-8-17)23-24(40-28)27(36)32(26(23)35)19-10-12-20(13-11-19)33(38)39/h2-14,22-24H,15H2,1H3,(H,30,34)/t22-,23?,24?/m1/s1. The molecule has 0 spiro atoms. The van der Waals surface area contributed by atoms with Crippen LogP contribution >= 0.6 is 23.1 Å². The van der Waals surface area contributed by atoms with Gasteiger partial charge in [0.1, 0.15) is 11.8 Å². The molecule has 0 bridgehead atoms. The fourth-order valence-electron chi connectivity index (χ4n) is 5.32. The fourth-order valence-corrected chi connectivity index (χ4v) is 8.09. The summed E-state index contributed by atoms with van der Waals surface area (Å²) in [5.74, 6) is -2.69. The van der Waals surface area contributed by atoms with E-state index >= 15 is 0 Å². The minimum Gasteiger partial charge on any atom is -0.325 e. The van der Waals surface area contributed by atoms with E-state index in [0.717, 1.165) is 39.1 Å². The van der Waals surface area contributed by atoms with Gasteiger partial charge in [0.15, 0.2) is 0 Å². The summed E-state index contributed by atoms with van der Waals surface area (Å²) in [7, 11) is 0. The molecule has 0 saturated carbocycles. The largest absolute Gasteiger partial charge is 0.325 e. The van der Waals surface area contributed by atoms with Crippen LogP contribution in [0.5, 0.6) is 0 Å². The Balaban J connectivity index is 1.38. The molecule has 3 aromatic carbocycles. The monoisotopic (exact) mass is 586 g/mol. The number of aryl methyl sites for hydroxylation is 1. The third-order valence-electron chi connectivity index (χ3n) is 7.13. The number of benzene rings is 3. The quantitative estimate of drug-likeness (QED) is 0.199. The van der Waals surface area contributed by atoms with Crippen molar-refractivity contribution in [3.8, 4) is 0 Å². The van der Waals surface area contributed by atoms with Gasteiger partial charge in [-0.05, 0) is 42.3 Å². The van der Waals surface area contributed by atoms with Crippen LogP contribution in [0.25, 0.3) is 0 Å². The number of aromatic nitrogens is 1. The molecule has 6 rings (SSSR count). The third-order valence-corrected chi connectivity index (χ3v) is 9.73. The van der Waals surface area contributed by atoms with Crippen LogP contribution in [-0.2, 0) is 20.9 Å². The maximum atomic E-state index is 13.9. The minimum atomic E-state index is -0.851. The van der Waals surface area contributed by atoms with Crippen molar-refractivity contribution in [3.63, 3.8) is 0 Å². The van der Waals surface area contributed by atoms with Crippen molar-refractivity contribution in [2.75, 3.05) is 10.2 Å². The number of thioether (sulfide) groups is 1. The second kappa shape index (κ2) is 10.5. The Morgan fingerprint density at radius 3 is 2.39 bits per heavy atom. The van der Waals surface area contributed by atoms with Gasteiger partial charge in [-0.2, -0.15) is 0 Å². The molecule has 2 aliphatic heterocycles. The molecule has 3 amide bonds. The van der Waals surface area contributed by atoms with Gasteiger partial charge in [-0.1, -0.05) is 65.6 Å². The number of nitrogens with one attached hydrogen (secondary N) is 1. The summed E-state index contributed by atoms with van der Waals surface area (Å²) in [6.45, 7) is 1.66. The highest BCUT2D eigenvalue weighted by molar-refractivity contribution is 8.00. The van der Waals surface area contributed by atoms with Crippen molar-refractivity contribution >= 4 is 57.9 Å². The first-order valence-corrected chi connectivity index (χ1v) is 14.4. The number of anilines is 2. The maximum absolute atomic E-state index is 13.9. The maximum Gasteiger partial charge on any atom is 0.308 e. The number of non-ortho nitro benzene ring substituents is 1. The van der Waals surface area contributed by atoms with E-state index in [9.17, 15) is 29.3 Å². The molecule has 12 heteroatoms. The fraction of sp³-hybridized carbons (Fsp3) is 0.172. The first-order chi connectivity index (χ1) is 19.7.